The first-order valence-corrected chi connectivity index (χ1v) is 5.15. The molecule has 3 nitrogen and oxygen atoms in total. The van der Waals surface area contributed by atoms with Crippen LogP contribution in [0.2, 0.25) is 0 Å². The van der Waals surface area contributed by atoms with Crippen LogP contribution in [-0.2, 0) is 0 Å². The molecule has 1 N–H and O–H groups in total. The van der Waals surface area contributed by atoms with E-state index >= 15 is 0 Å². The second kappa shape index (κ2) is 4.28. The number of hydrogen-bond donors (Lipinski definition) is 1. The lowest BCUT2D eigenvalue weighted by Crippen LogP contribution is -2.00. The van der Waals surface area contributed by atoms with E-state index in [1.165, 1.54) is 18.9 Å². The van der Waals surface area contributed by atoms with Crippen LogP contribution in [0.5, 0.6) is 0 Å². The molecule has 0 saturated carbocycles. The second-order valence-electron chi connectivity index (χ2n) is 2.69. The van der Waals surface area contributed by atoms with Gasteiger partial charge < -0.3 is 4.72 Å². The van der Waals surface area contributed by atoms with E-state index in [-0.39, 0.29) is 5.78 Å². The van der Waals surface area contributed by atoms with Crippen molar-refractivity contribution in [2.45, 2.75) is 13.8 Å². The summed E-state index contributed by atoms with van der Waals surface area (Å²) in [6.45, 7) is 3.40. The second-order valence-corrected chi connectivity index (χ2v) is 3.30. The molecule has 1 rings (SSSR count). The van der Waals surface area contributed by atoms with Gasteiger partial charge in [0.05, 0.1) is 11.4 Å². The fourth-order valence-corrected chi connectivity index (χ4v) is 1.41. The Labute approximate surface area is 82.1 Å². The normalized spacial score (nSPS) is 9.77. The molecule has 0 atom stereocenters. The summed E-state index contributed by atoms with van der Waals surface area (Å²) in [6, 6.07) is 3.60. The minimum atomic E-state index is -0.00111. The highest BCUT2D eigenvalue weighted by molar-refractivity contribution is 7.99. The predicted octanol–water partition coefficient (Wildman–Crippen LogP) is 2.28. The molecule has 1 heterocycles. The van der Waals surface area contributed by atoms with E-state index in [1.807, 2.05) is 19.2 Å². The van der Waals surface area contributed by atoms with Gasteiger partial charge in [0.15, 0.2) is 5.78 Å². The highest BCUT2D eigenvalue weighted by Crippen LogP contribution is 2.15. The molecule has 0 bridgehead atoms. The summed E-state index contributed by atoms with van der Waals surface area (Å²) in [5.41, 5.74) is 2.32. The van der Waals surface area contributed by atoms with Crippen LogP contribution in [0.15, 0.2) is 12.1 Å². The van der Waals surface area contributed by atoms with E-state index in [0.29, 0.717) is 5.69 Å². The first-order chi connectivity index (χ1) is 6.15. The van der Waals surface area contributed by atoms with Gasteiger partial charge in [0, 0.05) is 13.2 Å². The third kappa shape index (κ3) is 2.45. The van der Waals surface area contributed by atoms with Crippen LogP contribution < -0.4 is 4.72 Å². The molecule has 0 fully saturated rings. The Kier molecular flexibility index (Phi) is 3.31. The van der Waals surface area contributed by atoms with Gasteiger partial charge in [-0.25, -0.2) is 4.98 Å². The summed E-state index contributed by atoms with van der Waals surface area (Å²) in [5.74, 6) is -0.00111. The minimum absolute atomic E-state index is 0.00111. The minimum Gasteiger partial charge on any atom is -0.328 e. The van der Waals surface area contributed by atoms with Crippen LogP contribution in [0.4, 0.5) is 5.69 Å². The van der Waals surface area contributed by atoms with Gasteiger partial charge in [-0.15, -0.1) is 0 Å². The maximum absolute atomic E-state index is 11.0. The monoisotopic (exact) mass is 196 g/mol. The molecule has 0 aliphatic carbocycles. The standard InChI is InChI=1S/C9H12N2OS/c1-6-8(11-13-3)4-5-9(10-6)7(2)12/h4-5,11H,1-3H3. The third-order valence-corrected chi connectivity index (χ3v) is 2.08. The van der Waals surface area contributed by atoms with Crippen LogP contribution in [0.1, 0.15) is 23.1 Å². The lowest BCUT2D eigenvalue weighted by molar-refractivity contribution is 0.101. The molecular weight excluding hydrogens is 184 g/mol. The van der Waals surface area contributed by atoms with E-state index in [4.69, 9.17) is 0 Å². The highest BCUT2D eigenvalue weighted by atomic mass is 32.2. The zero-order valence-electron chi connectivity index (χ0n) is 7.92. The number of pyridine rings is 1. The highest BCUT2D eigenvalue weighted by Gasteiger charge is 2.03. The average Bonchev–Trinajstić information content (AvgIpc) is 2.08. The van der Waals surface area contributed by atoms with E-state index < -0.39 is 0 Å². The zero-order valence-corrected chi connectivity index (χ0v) is 8.73. The molecule has 0 radical (unpaired) electrons. The van der Waals surface area contributed by atoms with Crippen LogP contribution >= 0.6 is 11.9 Å². The number of nitrogens with one attached hydrogen (secondary N) is 1. The maximum atomic E-state index is 11.0. The van der Waals surface area contributed by atoms with Crippen LogP contribution in [-0.4, -0.2) is 17.0 Å². The molecule has 4 heteroatoms. The van der Waals surface area contributed by atoms with Crippen molar-refractivity contribution in [3.63, 3.8) is 0 Å². The molecule has 13 heavy (non-hydrogen) atoms. The molecule has 0 amide bonds. The number of aryl methyl sites for hydroxylation is 1. The zero-order chi connectivity index (χ0) is 9.84. The van der Waals surface area contributed by atoms with E-state index in [1.54, 1.807) is 6.07 Å². The Morgan fingerprint density at radius 3 is 2.69 bits per heavy atom. The van der Waals surface area contributed by atoms with Gasteiger partial charge in [-0.2, -0.15) is 0 Å². The molecule has 0 spiro atoms. The van der Waals surface area contributed by atoms with Crippen molar-refractivity contribution in [3.05, 3.63) is 23.5 Å². The fourth-order valence-electron chi connectivity index (χ4n) is 0.975. The number of nitrogens with zero attached hydrogens (tertiary/aromatic N) is 1. The summed E-state index contributed by atoms with van der Waals surface area (Å²) < 4.78 is 3.08. The van der Waals surface area contributed by atoms with Gasteiger partial charge in [-0.3, -0.25) is 4.79 Å². The summed E-state index contributed by atoms with van der Waals surface area (Å²) in [6.07, 6.45) is 1.94. The third-order valence-electron chi connectivity index (χ3n) is 1.66. The Bertz CT molecular complexity index is 325. The molecule has 1 aromatic rings. The molecule has 0 aromatic carbocycles. The van der Waals surface area contributed by atoms with Gasteiger partial charge in [0.1, 0.15) is 5.69 Å². The summed E-state index contributed by atoms with van der Waals surface area (Å²) >= 11 is 1.51. The lowest BCUT2D eigenvalue weighted by atomic mass is 10.2. The Morgan fingerprint density at radius 2 is 2.23 bits per heavy atom. The molecule has 0 aliphatic heterocycles. The Morgan fingerprint density at radius 1 is 1.54 bits per heavy atom. The predicted molar refractivity (Wildman–Crippen MR) is 56.1 cm³/mol. The lowest BCUT2D eigenvalue weighted by Gasteiger charge is -2.05. The first-order valence-electron chi connectivity index (χ1n) is 3.92. The molecular formula is C9H12N2OS. The van der Waals surface area contributed by atoms with E-state index in [2.05, 4.69) is 9.71 Å². The Balaban J connectivity index is 2.98. The maximum Gasteiger partial charge on any atom is 0.178 e. The van der Waals surface area contributed by atoms with Crippen molar-refractivity contribution in [1.29, 1.82) is 0 Å². The largest absolute Gasteiger partial charge is 0.328 e. The van der Waals surface area contributed by atoms with Crippen LogP contribution in [0, 0.1) is 6.92 Å². The van der Waals surface area contributed by atoms with Gasteiger partial charge >= 0.3 is 0 Å². The topological polar surface area (TPSA) is 42.0 Å². The van der Waals surface area contributed by atoms with Crippen LogP contribution in [0.25, 0.3) is 0 Å². The average molecular weight is 196 g/mol. The number of hydrogen-bond acceptors (Lipinski definition) is 4. The summed E-state index contributed by atoms with van der Waals surface area (Å²) in [5, 5.41) is 0. The van der Waals surface area contributed by atoms with Gasteiger partial charge in [0.2, 0.25) is 0 Å². The summed E-state index contributed by atoms with van der Waals surface area (Å²) in [7, 11) is 0. The number of anilines is 1. The smallest absolute Gasteiger partial charge is 0.178 e. The number of rotatable bonds is 3. The fraction of sp³-hybridized carbons (Fsp3) is 0.333. The van der Waals surface area contributed by atoms with Crippen molar-refractivity contribution in [2.75, 3.05) is 11.0 Å². The summed E-state index contributed by atoms with van der Waals surface area (Å²) in [4.78, 5) is 15.1. The van der Waals surface area contributed by atoms with Gasteiger partial charge in [-0.05, 0) is 19.1 Å². The first kappa shape index (κ1) is 10.1. The number of carbonyl (C=O) groups excluding carboxylic acids is 1. The number of Topliss-reactive ketones (excluding diaryl/α,β-unsaturated/α-hetero) is 1. The van der Waals surface area contributed by atoms with Crippen molar-refractivity contribution >= 4 is 23.4 Å². The van der Waals surface area contributed by atoms with Crippen molar-refractivity contribution in [3.8, 4) is 0 Å². The van der Waals surface area contributed by atoms with Crippen molar-refractivity contribution < 1.29 is 4.79 Å². The van der Waals surface area contributed by atoms with Crippen molar-refractivity contribution in [1.82, 2.24) is 4.98 Å². The molecule has 70 valence electrons. The van der Waals surface area contributed by atoms with Crippen molar-refractivity contribution in [2.24, 2.45) is 0 Å². The van der Waals surface area contributed by atoms with E-state index in [9.17, 15) is 4.79 Å². The molecule has 1 aromatic heterocycles. The SMILES string of the molecule is CSNc1ccc(C(C)=O)nc1C. The molecule has 0 aliphatic rings. The van der Waals surface area contributed by atoms with Gasteiger partial charge in [0.25, 0.3) is 0 Å². The van der Waals surface area contributed by atoms with Crippen LogP contribution in [0.3, 0.4) is 0 Å². The van der Waals surface area contributed by atoms with E-state index in [0.717, 1.165) is 11.4 Å². The Hall–Kier alpha value is -1.03. The number of carbonyl (C=O) groups is 1. The van der Waals surface area contributed by atoms with Gasteiger partial charge in [-0.1, -0.05) is 11.9 Å². The molecule has 0 unspecified atom stereocenters. The number of ketones is 1. The number of aromatic nitrogens is 1. The quantitative estimate of drug-likeness (QED) is 0.595. The molecule has 0 saturated heterocycles.